The molecule has 3 heterocycles. The van der Waals surface area contributed by atoms with Gasteiger partial charge in [0.2, 0.25) is 0 Å². The summed E-state index contributed by atoms with van der Waals surface area (Å²) in [6, 6.07) is 0. The van der Waals surface area contributed by atoms with Crippen molar-refractivity contribution in [3.63, 3.8) is 0 Å². The summed E-state index contributed by atoms with van der Waals surface area (Å²) < 4.78 is 1.94. The Kier molecular flexibility index (Phi) is 4.26. The standard InChI is InChI=1S/C15H21N5OS/c1-11-13(12(2)18(3)17-11)8-19-4-6-20(7-5-19)15(21)14-9-22-10-16-14/h9-10H,4-8H2,1-3H3. The normalized spacial score (nSPS) is 16.2. The Hall–Kier alpha value is -1.73. The van der Waals surface area contributed by atoms with E-state index in [9.17, 15) is 4.79 Å². The summed E-state index contributed by atoms with van der Waals surface area (Å²) in [4.78, 5) is 20.7. The molecule has 0 aliphatic carbocycles. The molecule has 22 heavy (non-hydrogen) atoms. The maximum Gasteiger partial charge on any atom is 0.273 e. The van der Waals surface area contributed by atoms with E-state index in [0.29, 0.717) is 5.69 Å². The molecule has 1 saturated heterocycles. The molecule has 1 amide bonds. The van der Waals surface area contributed by atoms with Crippen LogP contribution in [-0.2, 0) is 13.6 Å². The molecule has 0 atom stereocenters. The first-order valence-corrected chi connectivity index (χ1v) is 8.39. The molecule has 0 bridgehead atoms. The molecule has 0 aromatic carbocycles. The van der Waals surface area contributed by atoms with E-state index in [-0.39, 0.29) is 5.91 Å². The Bertz CT molecular complexity index is 656. The van der Waals surface area contributed by atoms with Gasteiger partial charge in [-0.1, -0.05) is 0 Å². The van der Waals surface area contributed by atoms with Gasteiger partial charge in [-0.15, -0.1) is 11.3 Å². The first kappa shape index (κ1) is 15.2. The van der Waals surface area contributed by atoms with Crippen LogP contribution in [0.15, 0.2) is 10.9 Å². The molecular formula is C15H21N5OS. The molecule has 1 fully saturated rings. The van der Waals surface area contributed by atoms with Crippen LogP contribution in [0.1, 0.15) is 27.4 Å². The van der Waals surface area contributed by atoms with Gasteiger partial charge in [-0.3, -0.25) is 14.4 Å². The minimum Gasteiger partial charge on any atom is -0.335 e. The van der Waals surface area contributed by atoms with Gasteiger partial charge in [0, 0.05) is 56.4 Å². The van der Waals surface area contributed by atoms with Crippen LogP contribution in [0.2, 0.25) is 0 Å². The zero-order valence-corrected chi connectivity index (χ0v) is 14.1. The van der Waals surface area contributed by atoms with Gasteiger partial charge in [0.1, 0.15) is 5.69 Å². The smallest absolute Gasteiger partial charge is 0.273 e. The molecular weight excluding hydrogens is 298 g/mol. The quantitative estimate of drug-likeness (QED) is 0.859. The van der Waals surface area contributed by atoms with Crippen LogP contribution in [-0.4, -0.2) is 56.7 Å². The van der Waals surface area contributed by atoms with Gasteiger partial charge in [-0.25, -0.2) is 4.98 Å². The lowest BCUT2D eigenvalue weighted by atomic mass is 10.1. The number of nitrogens with zero attached hydrogens (tertiary/aromatic N) is 5. The summed E-state index contributed by atoms with van der Waals surface area (Å²) in [6.45, 7) is 8.38. The molecule has 7 heteroatoms. The lowest BCUT2D eigenvalue weighted by molar-refractivity contribution is 0.0623. The second-order valence-corrected chi connectivity index (χ2v) is 6.43. The predicted molar refractivity (Wildman–Crippen MR) is 86.0 cm³/mol. The van der Waals surface area contributed by atoms with Crippen molar-refractivity contribution >= 4 is 17.2 Å². The third kappa shape index (κ3) is 2.91. The Labute approximate surface area is 134 Å². The van der Waals surface area contributed by atoms with E-state index >= 15 is 0 Å². The van der Waals surface area contributed by atoms with E-state index in [1.165, 1.54) is 22.6 Å². The predicted octanol–water partition coefficient (Wildman–Crippen LogP) is 1.45. The molecule has 0 radical (unpaired) electrons. The van der Waals surface area contributed by atoms with Gasteiger partial charge in [-0.2, -0.15) is 5.10 Å². The largest absolute Gasteiger partial charge is 0.335 e. The molecule has 2 aromatic heterocycles. The second-order valence-electron chi connectivity index (χ2n) is 5.72. The number of hydrogen-bond acceptors (Lipinski definition) is 5. The molecule has 3 rings (SSSR count). The van der Waals surface area contributed by atoms with Gasteiger partial charge in [0.25, 0.3) is 5.91 Å². The number of aromatic nitrogens is 3. The summed E-state index contributed by atoms with van der Waals surface area (Å²) in [7, 11) is 1.98. The molecule has 1 aliphatic rings. The number of amides is 1. The zero-order valence-electron chi connectivity index (χ0n) is 13.2. The Morgan fingerprint density at radius 3 is 2.55 bits per heavy atom. The molecule has 118 valence electrons. The maximum absolute atomic E-state index is 12.3. The van der Waals surface area contributed by atoms with Crippen LogP contribution in [0.4, 0.5) is 0 Å². The van der Waals surface area contributed by atoms with E-state index in [1.54, 1.807) is 5.51 Å². The van der Waals surface area contributed by atoms with Crippen molar-refractivity contribution in [2.24, 2.45) is 7.05 Å². The van der Waals surface area contributed by atoms with Crippen molar-refractivity contribution in [2.45, 2.75) is 20.4 Å². The SMILES string of the molecule is Cc1nn(C)c(C)c1CN1CCN(C(=O)c2cscn2)CC1. The fraction of sp³-hybridized carbons (Fsp3) is 0.533. The highest BCUT2D eigenvalue weighted by atomic mass is 32.1. The molecule has 6 nitrogen and oxygen atoms in total. The molecule has 0 unspecified atom stereocenters. The first-order chi connectivity index (χ1) is 10.6. The molecule has 0 N–H and O–H groups in total. The van der Waals surface area contributed by atoms with E-state index < -0.39 is 0 Å². The van der Waals surface area contributed by atoms with Gasteiger partial charge in [0.15, 0.2) is 0 Å². The maximum atomic E-state index is 12.3. The Balaban J connectivity index is 1.59. The van der Waals surface area contributed by atoms with Crippen LogP contribution < -0.4 is 0 Å². The number of aryl methyl sites for hydroxylation is 2. The lowest BCUT2D eigenvalue weighted by Crippen LogP contribution is -2.48. The van der Waals surface area contributed by atoms with Crippen LogP contribution >= 0.6 is 11.3 Å². The molecule has 1 aliphatic heterocycles. The average Bonchev–Trinajstić information content (AvgIpc) is 3.12. The lowest BCUT2D eigenvalue weighted by Gasteiger charge is -2.34. The van der Waals surface area contributed by atoms with Crippen LogP contribution in [0.25, 0.3) is 0 Å². The van der Waals surface area contributed by atoms with Crippen molar-refractivity contribution in [3.8, 4) is 0 Å². The van der Waals surface area contributed by atoms with Crippen LogP contribution in [0, 0.1) is 13.8 Å². The third-order valence-electron chi connectivity index (χ3n) is 4.35. The number of carbonyl (C=O) groups is 1. The monoisotopic (exact) mass is 319 g/mol. The summed E-state index contributed by atoms with van der Waals surface area (Å²) in [5.41, 5.74) is 5.90. The minimum atomic E-state index is 0.0506. The van der Waals surface area contributed by atoms with Crippen LogP contribution in [0.3, 0.4) is 0 Å². The van der Waals surface area contributed by atoms with Crippen LogP contribution in [0.5, 0.6) is 0 Å². The fourth-order valence-electron chi connectivity index (χ4n) is 2.86. The van der Waals surface area contributed by atoms with Crippen molar-refractivity contribution in [3.05, 3.63) is 33.5 Å². The fourth-order valence-corrected chi connectivity index (χ4v) is 3.38. The number of hydrogen-bond donors (Lipinski definition) is 0. The first-order valence-electron chi connectivity index (χ1n) is 7.45. The Morgan fingerprint density at radius 2 is 2.00 bits per heavy atom. The van der Waals surface area contributed by atoms with Crippen molar-refractivity contribution in [2.75, 3.05) is 26.2 Å². The average molecular weight is 319 g/mol. The topological polar surface area (TPSA) is 54.3 Å². The van der Waals surface area contributed by atoms with Gasteiger partial charge < -0.3 is 4.90 Å². The summed E-state index contributed by atoms with van der Waals surface area (Å²) >= 11 is 1.46. The number of carbonyl (C=O) groups excluding carboxylic acids is 1. The summed E-state index contributed by atoms with van der Waals surface area (Å²) in [6.07, 6.45) is 0. The van der Waals surface area contributed by atoms with E-state index in [1.807, 2.05) is 22.0 Å². The number of thiazole rings is 1. The summed E-state index contributed by atoms with van der Waals surface area (Å²) in [5, 5.41) is 6.29. The van der Waals surface area contributed by atoms with Gasteiger partial charge >= 0.3 is 0 Å². The highest BCUT2D eigenvalue weighted by Gasteiger charge is 2.24. The number of piperazine rings is 1. The zero-order chi connectivity index (χ0) is 15.7. The Morgan fingerprint density at radius 1 is 1.27 bits per heavy atom. The van der Waals surface area contributed by atoms with Gasteiger partial charge in [0.05, 0.1) is 11.2 Å². The van der Waals surface area contributed by atoms with Gasteiger partial charge in [-0.05, 0) is 13.8 Å². The highest BCUT2D eigenvalue weighted by Crippen LogP contribution is 2.16. The number of rotatable bonds is 3. The summed E-state index contributed by atoms with van der Waals surface area (Å²) in [5.74, 6) is 0.0506. The minimum absolute atomic E-state index is 0.0506. The van der Waals surface area contributed by atoms with E-state index in [0.717, 1.165) is 38.4 Å². The molecule has 0 spiro atoms. The molecule has 2 aromatic rings. The third-order valence-corrected chi connectivity index (χ3v) is 4.94. The van der Waals surface area contributed by atoms with Crippen molar-refractivity contribution in [1.82, 2.24) is 24.6 Å². The van der Waals surface area contributed by atoms with Crippen molar-refractivity contribution < 1.29 is 4.79 Å². The molecule has 0 saturated carbocycles. The van der Waals surface area contributed by atoms with Crippen molar-refractivity contribution in [1.29, 1.82) is 0 Å². The second kappa shape index (κ2) is 6.18. The van der Waals surface area contributed by atoms with E-state index in [2.05, 4.69) is 28.8 Å². The highest BCUT2D eigenvalue weighted by molar-refractivity contribution is 7.07. The van der Waals surface area contributed by atoms with E-state index in [4.69, 9.17) is 0 Å².